The summed E-state index contributed by atoms with van der Waals surface area (Å²) in [6.45, 7) is 3.40. The van der Waals surface area contributed by atoms with Crippen LogP contribution < -0.4 is 4.72 Å². The molecule has 1 aromatic rings. The topological polar surface area (TPSA) is 96.6 Å². The average molecular weight is 310 g/mol. The Morgan fingerprint density at radius 3 is 2.75 bits per heavy atom. The Morgan fingerprint density at radius 1 is 1.69 bits per heavy atom. The number of carboxylic acid groups (broad SMARTS) is 1. The Hall–Kier alpha value is -1.12. The van der Waals surface area contributed by atoms with Gasteiger partial charge < -0.3 is 9.52 Å². The molecule has 6 nitrogen and oxygen atoms in total. The molecule has 0 saturated carbocycles. The third-order valence-corrected chi connectivity index (χ3v) is 3.85. The van der Waals surface area contributed by atoms with Crippen molar-refractivity contribution in [1.29, 1.82) is 0 Å². The van der Waals surface area contributed by atoms with Gasteiger partial charge in [0.2, 0.25) is 15.8 Å². The van der Waals surface area contributed by atoms with Gasteiger partial charge in [0, 0.05) is 12.6 Å². The van der Waals surface area contributed by atoms with Crippen molar-refractivity contribution < 1.29 is 22.7 Å². The van der Waals surface area contributed by atoms with E-state index >= 15 is 0 Å². The first-order chi connectivity index (χ1) is 7.38. The maximum atomic E-state index is 11.6. The first kappa shape index (κ1) is 12.9. The van der Waals surface area contributed by atoms with Crippen LogP contribution in [0.3, 0.4) is 0 Å². The van der Waals surface area contributed by atoms with E-state index < -0.39 is 21.8 Å². The van der Waals surface area contributed by atoms with Gasteiger partial charge in [0.25, 0.3) is 0 Å². The lowest BCUT2D eigenvalue weighted by Gasteiger charge is -2.00. The molecule has 0 unspecified atom stereocenters. The molecule has 1 aromatic heterocycles. The van der Waals surface area contributed by atoms with Crippen molar-refractivity contribution >= 4 is 31.9 Å². The van der Waals surface area contributed by atoms with E-state index in [0.717, 1.165) is 6.07 Å². The number of nitrogens with one attached hydrogen (secondary N) is 1. The molecule has 8 heteroatoms. The average Bonchev–Trinajstić information content (AvgIpc) is 2.58. The molecule has 0 atom stereocenters. The molecule has 88 valence electrons. The minimum atomic E-state index is -3.79. The molecule has 0 aromatic carbocycles. The molecule has 1 heterocycles. The summed E-state index contributed by atoms with van der Waals surface area (Å²) in [5, 5.41) is 8.62. The van der Waals surface area contributed by atoms with E-state index in [2.05, 4.69) is 27.2 Å². The Morgan fingerprint density at radius 2 is 2.31 bits per heavy atom. The normalized spacial score (nSPS) is 11.3. The van der Waals surface area contributed by atoms with Gasteiger partial charge in [-0.15, -0.1) is 6.58 Å². The predicted molar refractivity (Wildman–Crippen MR) is 58.8 cm³/mol. The molecule has 1 rings (SSSR count). The minimum absolute atomic E-state index is 0.0440. The second-order valence-electron chi connectivity index (χ2n) is 2.69. The van der Waals surface area contributed by atoms with E-state index in [9.17, 15) is 13.2 Å². The number of halogens is 1. The summed E-state index contributed by atoms with van der Waals surface area (Å²) in [5.41, 5.74) is 0. The summed E-state index contributed by atoms with van der Waals surface area (Å²) in [4.78, 5) is 10.3. The van der Waals surface area contributed by atoms with Crippen molar-refractivity contribution in [3.63, 3.8) is 0 Å². The Balaban J connectivity index is 3.13. The zero-order valence-electron chi connectivity index (χ0n) is 7.94. The maximum absolute atomic E-state index is 11.6. The number of carbonyl (C=O) groups is 1. The number of hydrogen-bond acceptors (Lipinski definition) is 4. The van der Waals surface area contributed by atoms with Crippen molar-refractivity contribution in [3.8, 4) is 0 Å². The van der Waals surface area contributed by atoms with Crippen LogP contribution in [0.15, 0.2) is 32.7 Å². The highest BCUT2D eigenvalue weighted by Crippen LogP contribution is 2.25. The number of aromatic carboxylic acids is 1. The number of hydrogen-bond donors (Lipinski definition) is 2. The Bertz CT molecular complexity index is 519. The van der Waals surface area contributed by atoms with Gasteiger partial charge in [-0.1, -0.05) is 6.08 Å². The van der Waals surface area contributed by atoms with Crippen molar-refractivity contribution in [2.24, 2.45) is 0 Å². The van der Waals surface area contributed by atoms with Gasteiger partial charge in [0.15, 0.2) is 4.67 Å². The smallest absolute Gasteiger partial charge is 0.371 e. The summed E-state index contributed by atoms with van der Waals surface area (Å²) in [6, 6.07) is 0.928. The lowest BCUT2D eigenvalue weighted by atomic mass is 10.5. The highest BCUT2D eigenvalue weighted by atomic mass is 79.9. The fourth-order valence-corrected chi connectivity index (χ4v) is 2.82. The molecule has 2 N–H and O–H groups in total. The summed E-state index contributed by atoms with van der Waals surface area (Å²) in [7, 11) is -3.79. The zero-order chi connectivity index (χ0) is 12.3. The van der Waals surface area contributed by atoms with Gasteiger partial charge >= 0.3 is 5.97 Å². The molecule has 0 aliphatic heterocycles. The molecule has 0 amide bonds. The van der Waals surface area contributed by atoms with Gasteiger partial charge in [-0.2, -0.15) is 0 Å². The Kier molecular flexibility index (Phi) is 3.89. The van der Waals surface area contributed by atoms with Crippen molar-refractivity contribution in [2.45, 2.75) is 4.90 Å². The van der Waals surface area contributed by atoms with Gasteiger partial charge in [-0.3, -0.25) is 0 Å². The van der Waals surface area contributed by atoms with Crippen LogP contribution >= 0.6 is 15.9 Å². The molecule has 0 aliphatic carbocycles. The molecule has 0 aliphatic rings. The standard InChI is InChI=1S/C8H8BrNO5S/c1-2-3-10-16(13,14)6-4-5(8(11)12)15-7(6)9/h2,4,10H,1,3H2,(H,11,12). The van der Waals surface area contributed by atoms with Gasteiger partial charge in [0.05, 0.1) is 0 Å². The van der Waals surface area contributed by atoms with Crippen LogP contribution in [0.1, 0.15) is 10.6 Å². The first-order valence-electron chi connectivity index (χ1n) is 4.01. The van der Waals surface area contributed by atoms with Gasteiger partial charge in [-0.05, 0) is 15.9 Å². The van der Waals surface area contributed by atoms with E-state index in [-0.39, 0.29) is 16.1 Å². The second kappa shape index (κ2) is 4.81. The van der Waals surface area contributed by atoms with Crippen LogP contribution in [0.2, 0.25) is 0 Å². The minimum Gasteiger partial charge on any atom is -0.475 e. The fourth-order valence-electron chi connectivity index (χ4n) is 0.887. The first-order valence-corrected chi connectivity index (χ1v) is 6.29. The van der Waals surface area contributed by atoms with Crippen LogP contribution in [-0.2, 0) is 10.0 Å². The highest BCUT2D eigenvalue weighted by molar-refractivity contribution is 9.10. The van der Waals surface area contributed by atoms with Crippen LogP contribution in [-0.4, -0.2) is 26.0 Å². The molecule has 0 radical (unpaired) electrons. The molecule has 0 bridgehead atoms. The third kappa shape index (κ3) is 2.71. The maximum Gasteiger partial charge on any atom is 0.371 e. The largest absolute Gasteiger partial charge is 0.475 e. The van der Waals surface area contributed by atoms with E-state index in [1.165, 1.54) is 6.08 Å². The van der Waals surface area contributed by atoms with Crippen LogP contribution in [0, 0.1) is 0 Å². The molecule has 0 fully saturated rings. The van der Waals surface area contributed by atoms with Crippen molar-refractivity contribution in [2.75, 3.05) is 6.54 Å². The van der Waals surface area contributed by atoms with E-state index in [1.54, 1.807) is 0 Å². The predicted octanol–water partition coefficient (Wildman–Crippen LogP) is 1.20. The molecule has 0 spiro atoms. The molecular formula is C8H8BrNO5S. The van der Waals surface area contributed by atoms with E-state index in [1.807, 2.05) is 0 Å². The monoisotopic (exact) mass is 309 g/mol. The van der Waals surface area contributed by atoms with Crippen LogP contribution in [0.5, 0.6) is 0 Å². The summed E-state index contributed by atoms with van der Waals surface area (Å²) >= 11 is 2.84. The summed E-state index contributed by atoms with van der Waals surface area (Å²) in [6.07, 6.45) is 1.36. The number of sulfonamides is 1. The fraction of sp³-hybridized carbons (Fsp3) is 0.125. The zero-order valence-corrected chi connectivity index (χ0v) is 10.3. The van der Waals surface area contributed by atoms with Crippen LogP contribution in [0.4, 0.5) is 0 Å². The lowest BCUT2D eigenvalue weighted by molar-refractivity contribution is 0.0661. The van der Waals surface area contributed by atoms with E-state index in [0.29, 0.717) is 0 Å². The summed E-state index contributed by atoms with van der Waals surface area (Å²) in [5.74, 6) is -1.79. The third-order valence-electron chi connectivity index (χ3n) is 1.57. The van der Waals surface area contributed by atoms with Crippen molar-refractivity contribution in [3.05, 3.63) is 29.2 Å². The lowest BCUT2D eigenvalue weighted by Crippen LogP contribution is -2.23. The molecule has 16 heavy (non-hydrogen) atoms. The van der Waals surface area contributed by atoms with Gasteiger partial charge in [0.1, 0.15) is 4.90 Å². The Labute approximate surface area is 100 Å². The number of rotatable bonds is 5. The summed E-state index contributed by atoms with van der Waals surface area (Å²) < 4.78 is 30.0. The molecular weight excluding hydrogens is 302 g/mol. The van der Waals surface area contributed by atoms with Crippen LogP contribution in [0.25, 0.3) is 0 Å². The number of carboxylic acids is 1. The van der Waals surface area contributed by atoms with Gasteiger partial charge in [-0.25, -0.2) is 17.9 Å². The van der Waals surface area contributed by atoms with E-state index in [4.69, 9.17) is 9.52 Å². The highest BCUT2D eigenvalue weighted by Gasteiger charge is 2.24. The SMILES string of the molecule is C=CCNS(=O)(=O)c1cc(C(=O)O)oc1Br. The quantitative estimate of drug-likeness (QED) is 0.797. The second-order valence-corrected chi connectivity index (χ2v) is 5.15. The van der Waals surface area contributed by atoms with Crippen molar-refractivity contribution in [1.82, 2.24) is 4.72 Å². The molecule has 0 saturated heterocycles. The number of furan rings is 1.